The van der Waals surface area contributed by atoms with Gasteiger partial charge in [0.1, 0.15) is 16.4 Å². The molecule has 21 heavy (non-hydrogen) atoms. The van der Waals surface area contributed by atoms with Gasteiger partial charge in [0.15, 0.2) is 0 Å². The van der Waals surface area contributed by atoms with Crippen LogP contribution >= 0.6 is 11.3 Å². The molecule has 116 valence electrons. The van der Waals surface area contributed by atoms with E-state index in [0.29, 0.717) is 30.2 Å². The zero-order chi connectivity index (χ0) is 15.6. The summed E-state index contributed by atoms with van der Waals surface area (Å²) in [7, 11) is -3.61. The Morgan fingerprint density at radius 1 is 1.33 bits per heavy atom. The van der Waals surface area contributed by atoms with Crippen molar-refractivity contribution in [3.63, 3.8) is 0 Å². The third kappa shape index (κ3) is 3.06. The first-order valence-corrected chi connectivity index (χ1v) is 9.05. The number of furan rings is 1. The molecule has 5 nitrogen and oxygen atoms in total. The summed E-state index contributed by atoms with van der Waals surface area (Å²) in [4.78, 5) is 1.23. The maximum Gasteiger partial charge on any atom is 0.247 e. The molecule has 0 saturated heterocycles. The highest BCUT2D eigenvalue weighted by molar-refractivity contribution is 7.89. The van der Waals surface area contributed by atoms with Crippen LogP contribution in [0.25, 0.3) is 0 Å². The second-order valence-corrected chi connectivity index (χ2v) is 7.64. The van der Waals surface area contributed by atoms with Gasteiger partial charge in [0.05, 0.1) is 0 Å². The van der Waals surface area contributed by atoms with Crippen molar-refractivity contribution >= 4 is 21.4 Å². The van der Waals surface area contributed by atoms with Crippen molar-refractivity contribution in [3.05, 3.63) is 39.5 Å². The summed E-state index contributed by atoms with van der Waals surface area (Å²) < 4.78 is 32.8. The molecular weight excluding hydrogens is 308 g/mol. The van der Waals surface area contributed by atoms with Crippen LogP contribution in [0, 0.1) is 13.8 Å². The van der Waals surface area contributed by atoms with Gasteiger partial charge in [-0.3, -0.25) is 0 Å². The Labute approximate surface area is 129 Å². The first-order valence-electron chi connectivity index (χ1n) is 6.73. The van der Waals surface area contributed by atoms with Crippen LogP contribution in [0.1, 0.15) is 28.9 Å². The van der Waals surface area contributed by atoms with Gasteiger partial charge >= 0.3 is 0 Å². The van der Waals surface area contributed by atoms with Gasteiger partial charge in [0.2, 0.25) is 10.0 Å². The van der Waals surface area contributed by atoms with E-state index in [9.17, 15) is 8.42 Å². The summed E-state index contributed by atoms with van der Waals surface area (Å²) in [6.07, 6.45) is 0. The lowest BCUT2D eigenvalue weighted by atomic mass is 10.2. The maximum absolute atomic E-state index is 12.9. The molecule has 2 rings (SSSR count). The molecule has 0 amide bonds. The normalized spacial score (nSPS) is 12.2. The zero-order valence-electron chi connectivity index (χ0n) is 12.4. The second kappa shape index (κ2) is 6.31. The van der Waals surface area contributed by atoms with Crippen LogP contribution in [0.15, 0.2) is 26.8 Å². The highest BCUT2D eigenvalue weighted by Gasteiger charge is 2.31. The van der Waals surface area contributed by atoms with Gasteiger partial charge in [-0.2, -0.15) is 4.31 Å². The molecule has 0 atom stereocenters. The fourth-order valence-electron chi connectivity index (χ4n) is 2.36. The van der Waals surface area contributed by atoms with Crippen LogP contribution in [0.2, 0.25) is 0 Å². The van der Waals surface area contributed by atoms with E-state index < -0.39 is 10.0 Å². The Bertz CT molecular complexity index is 703. The number of thiophene rings is 1. The molecule has 0 spiro atoms. The fourth-order valence-corrected chi connectivity index (χ4v) is 5.01. The average molecular weight is 328 g/mol. The summed E-state index contributed by atoms with van der Waals surface area (Å²) in [5.74, 6) is 0.971. The minimum absolute atomic E-state index is 0.147. The summed E-state index contributed by atoms with van der Waals surface area (Å²) in [5.41, 5.74) is 6.27. The largest absolute Gasteiger partial charge is 0.465 e. The molecule has 0 aromatic carbocycles. The molecule has 2 heterocycles. The summed E-state index contributed by atoms with van der Waals surface area (Å²) in [5, 5.41) is 1.94. The van der Waals surface area contributed by atoms with E-state index >= 15 is 0 Å². The van der Waals surface area contributed by atoms with E-state index in [1.54, 1.807) is 25.2 Å². The molecule has 0 fully saturated rings. The minimum atomic E-state index is -3.61. The predicted octanol–water partition coefficient (Wildman–Crippen LogP) is 2.63. The van der Waals surface area contributed by atoms with E-state index in [1.165, 1.54) is 4.31 Å². The molecule has 2 N–H and O–H groups in total. The number of hydrogen-bond acceptors (Lipinski definition) is 5. The van der Waals surface area contributed by atoms with Gasteiger partial charge in [0, 0.05) is 30.1 Å². The SMILES string of the molecule is CCN(Cc1cccs1)S(=O)(=O)c1c(C)oc(C)c1CN. The van der Waals surface area contributed by atoms with Crippen molar-refractivity contribution < 1.29 is 12.8 Å². The monoisotopic (exact) mass is 328 g/mol. The summed E-state index contributed by atoms with van der Waals surface area (Å²) in [6, 6.07) is 3.85. The second-order valence-electron chi connectivity index (χ2n) is 4.74. The van der Waals surface area contributed by atoms with Gasteiger partial charge in [-0.1, -0.05) is 13.0 Å². The standard InChI is InChI=1S/C14H20N2O3S2/c1-4-16(9-12-6-5-7-20-12)21(17,18)14-11(3)19-10(2)13(14)8-15/h5-7H,4,8-9,15H2,1-3H3. The van der Waals surface area contributed by atoms with Crippen LogP contribution in [-0.2, 0) is 23.1 Å². The average Bonchev–Trinajstić information content (AvgIpc) is 3.02. The summed E-state index contributed by atoms with van der Waals surface area (Å²) in [6.45, 7) is 6.14. The van der Waals surface area contributed by atoms with Crippen LogP contribution < -0.4 is 5.73 Å². The van der Waals surface area contributed by atoms with Crippen molar-refractivity contribution in [2.45, 2.75) is 38.8 Å². The predicted molar refractivity (Wildman–Crippen MR) is 83.7 cm³/mol. The Hall–Kier alpha value is -1.15. The smallest absolute Gasteiger partial charge is 0.247 e. The lowest BCUT2D eigenvalue weighted by Crippen LogP contribution is -2.31. The number of sulfonamides is 1. The van der Waals surface area contributed by atoms with E-state index in [4.69, 9.17) is 10.2 Å². The van der Waals surface area contributed by atoms with Crippen LogP contribution in [-0.4, -0.2) is 19.3 Å². The van der Waals surface area contributed by atoms with Gasteiger partial charge in [0.25, 0.3) is 0 Å². The molecule has 0 aliphatic carbocycles. The molecule has 2 aromatic rings. The lowest BCUT2D eigenvalue weighted by molar-refractivity contribution is 0.423. The molecule has 2 aromatic heterocycles. The first kappa shape index (κ1) is 16.2. The van der Waals surface area contributed by atoms with E-state index in [0.717, 1.165) is 4.88 Å². The number of nitrogens with two attached hydrogens (primary N) is 1. The van der Waals surface area contributed by atoms with Crippen LogP contribution in [0.5, 0.6) is 0 Å². The Morgan fingerprint density at radius 2 is 2.05 bits per heavy atom. The van der Waals surface area contributed by atoms with Gasteiger partial charge in [-0.15, -0.1) is 11.3 Å². The highest BCUT2D eigenvalue weighted by atomic mass is 32.2. The van der Waals surface area contributed by atoms with E-state index in [2.05, 4.69) is 0 Å². The topological polar surface area (TPSA) is 76.5 Å². The van der Waals surface area contributed by atoms with E-state index in [1.807, 2.05) is 24.4 Å². The Kier molecular flexibility index (Phi) is 4.88. The third-order valence-electron chi connectivity index (χ3n) is 3.39. The molecule has 0 radical (unpaired) electrons. The summed E-state index contributed by atoms with van der Waals surface area (Å²) >= 11 is 1.54. The molecule has 0 aliphatic heterocycles. The van der Waals surface area contributed by atoms with Crippen molar-refractivity contribution in [1.29, 1.82) is 0 Å². The van der Waals surface area contributed by atoms with Gasteiger partial charge in [-0.25, -0.2) is 8.42 Å². The van der Waals surface area contributed by atoms with Crippen molar-refractivity contribution in [1.82, 2.24) is 4.31 Å². The first-order chi connectivity index (χ1) is 9.91. The molecule has 7 heteroatoms. The quantitative estimate of drug-likeness (QED) is 0.884. The van der Waals surface area contributed by atoms with Crippen LogP contribution in [0.4, 0.5) is 0 Å². The zero-order valence-corrected chi connectivity index (χ0v) is 14.1. The molecule has 0 unspecified atom stereocenters. The number of rotatable bonds is 6. The molecule has 0 saturated carbocycles. The Balaban J connectivity index is 2.44. The van der Waals surface area contributed by atoms with Gasteiger partial charge in [-0.05, 0) is 25.3 Å². The number of nitrogens with zero attached hydrogens (tertiary/aromatic N) is 1. The fraction of sp³-hybridized carbons (Fsp3) is 0.429. The molecule has 0 bridgehead atoms. The van der Waals surface area contributed by atoms with Gasteiger partial charge < -0.3 is 10.2 Å². The number of hydrogen-bond donors (Lipinski definition) is 1. The maximum atomic E-state index is 12.9. The van der Waals surface area contributed by atoms with E-state index in [-0.39, 0.29) is 11.4 Å². The minimum Gasteiger partial charge on any atom is -0.465 e. The molecule has 0 aliphatic rings. The Morgan fingerprint density at radius 3 is 2.57 bits per heavy atom. The molecular formula is C14H20N2O3S2. The van der Waals surface area contributed by atoms with Crippen molar-refractivity contribution in [3.8, 4) is 0 Å². The van der Waals surface area contributed by atoms with Crippen molar-refractivity contribution in [2.24, 2.45) is 5.73 Å². The number of aryl methyl sites for hydroxylation is 2. The van der Waals surface area contributed by atoms with Crippen molar-refractivity contribution in [2.75, 3.05) is 6.54 Å². The van der Waals surface area contributed by atoms with Crippen LogP contribution in [0.3, 0.4) is 0 Å². The third-order valence-corrected chi connectivity index (χ3v) is 6.37. The highest BCUT2D eigenvalue weighted by Crippen LogP contribution is 2.30. The lowest BCUT2D eigenvalue weighted by Gasteiger charge is -2.20.